The summed E-state index contributed by atoms with van der Waals surface area (Å²) in [6, 6.07) is 179. The highest BCUT2D eigenvalue weighted by Gasteiger charge is 2.25. The molecule has 0 aliphatic carbocycles. The van der Waals surface area contributed by atoms with Crippen LogP contribution in [0.15, 0.2) is 539 Å². The van der Waals surface area contributed by atoms with Crippen molar-refractivity contribution in [2.45, 2.75) is 0 Å². The zero-order chi connectivity index (χ0) is 97.2. The summed E-state index contributed by atoms with van der Waals surface area (Å²) in [6.07, 6.45) is 9.55. The lowest BCUT2D eigenvalue weighted by Gasteiger charge is -2.26. The van der Waals surface area contributed by atoms with Crippen LogP contribution in [0.25, 0.3) is 201 Å². The Morgan fingerprint density at radius 3 is 0.993 bits per heavy atom. The fourth-order valence-corrected chi connectivity index (χ4v) is 23.5. The highest BCUT2D eigenvalue weighted by molar-refractivity contribution is 7.26. The van der Waals surface area contributed by atoms with Gasteiger partial charge >= 0.3 is 0 Å². The number of aromatic nitrogens is 7. The molecule has 147 heavy (non-hydrogen) atoms. The maximum atomic E-state index is 6.17. The number of hydrogen-bond acceptors (Lipinski definition) is 10. The monoisotopic (exact) mass is 1920 g/mol. The van der Waals surface area contributed by atoms with Crippen LogP contribution in [0.3, 0.4) is 0 Å². The minimum Gasteiger partial charge on any atom is -0.456 e. The second kappa shape index (κ2) is 37.4. The predicted molar refractivity (Wildman–Crippen MR) is 618 cm³/mol. The van der Waals surface area contributed by atoms with Gasteiger partial charge in [-0.1, -0.05) is 273 Å². The molecule has 13 heteroatoms. The van der Waals surface area contributed by atoms with Crippen LogP contribution in [0, 0.1) is 0 Å². The number of nitrogens with zero attached hydrogens (tertiary/aromatic N) is 10. The summed E-state index contributed by atoms with van der Waals surface area (Å²) in [4.78, 5) is 26.1. The van der Waals surface area contributed by atoms with Gasteiger partial charge in [-0.2, -0.15) is 0 Å². The molecule has 9 heterocycles. The maximum Gasteiger partial charge on any atom is 0.159 e. The molecule has 0 saturated carbocycles. The Kier molecular flexibility index (Phi) is 22.1. The van der Waals surface area contributed by atoms with Crippen molar-refractivity contribution in [3.63, 3.8) is 0 Å². The fraction of sp³-hybridized carbons (Fsp3) is 0. The van der Waals surface area contributed by atoms with E-state index in [1.807, 2.05) is 84.0 Å². The van der Waals surface area contributed by atoms with Gasteiger partial charge in [0.05, 0.1) is 68.8 Å². The highest BCUT2D eigenvalue weighted by Crippen LogP contribution is 2.48. The number of rotatable bonds is 17. The molecular weight excluding hydrogens is 1830 g/mol. The number of para-hydroxylation sites is 7. The minimum atomic E-state index is 0.674. The van der Waals surface area contributed by atoms with Crippen molar-refractivity contribution in [2.75, 3.05) is 14.7 Å². The van der Waals surface area contributed by atoms with E-state index >= 15 is 0 Å². The molecule has 11 nitrogen and oxygen atoms in total. The number of hydrogen-bond donors (Lipinski definition) is 0. The van der Waals surface area contributed by atoms with Crippen molar-refractivity contribution in [1.29, 1.82) is 0 Å². The van der Waals surface area contributed by atoms with Crippen LogP contribution < -0.4 is 14.7 Å². The second-order valence-electron chi connectivity index (χ2n) is 36.8. The van der Waals surface area contributed by atoms with E-state index in [-0.39, 0.29) is 0 Å². The number of furan rings is 1. The third-order valence-corrected chi connectivity index (χ3v) is 30.5. The molecule has 0 atom stereocenters. The maximum absolute atomic E-state index is 6.17. The molecular formula is C134H88N10OS2. The largest absolute Gasteiger partial charge is 0.456 e. The summed E-state index contributed by atoms with van der Waals surface area (Å²) >= 11 is 3.69. The summed E-state index contributed by atoms with van der Waals surface area (Å²) < 4.78 is 18.4. The first-order chi connectivity index (χ1) is 72.9. The van der Waals surface area contributed by atoms with Gasteiger partial charge in [0.2, 0.25) is 0 Å². The summed E-state index contributed by atoms with van der Waals surface area (Å²) in [7, 11) is 0. The van der Waals surface area contributed by atoms with Crippen LogP contribution in [0.2, 0.25) is 0 Å². The Morgan fingerprint density at radius 2 is 0.503 bits per heavy atom. The molecule has 0 N–H and O–H groups in total. The first kappa shape index (κ1) is 86.9. The summed E-state index contributed by atoms with van der Waals surface area (Å²) in [6.45, 7) is 0. The van der Waals surface area contributed by atoms with E-state index in [0.717, 1.165) is 118 Å². The van der Waals surface area contributed by atoms with Gasteiger partial charge < -0.3 is 32.8 Å². The molecule has 20 aromatic carbocycles. The normalized spacial score (nSPS) is 11.5. The van der Waals surface area contributed by atoms with E-state index in [2.05, 4.69) is 507 Å². The summed E-state index contributed by atoms with van der Waals surface area (Å²) in [5.74, 6) is 0.674. The van der Waals surface area contributed by atoms with Crippen molar-refractivity contribution >= 4 is 202 Å². The Labute approximate surface area is 855 Å². The Morgan fingerprint density at radius 1 is 0.184 bits per heavy atom. The van der Waals surface area contributed by atoms with Crippen LogP contribution in [-0.4, -0.2) is 33.6 Å². The lowest BCUT2D eigenvalue weighted by Crippen LogP contribution is -2.11. The van der Waals surface area contributed by atoms with Crippen LogP contribution >= 0.6 is 22.7 Å². The second-order valence-corrected chi connectivity index (χ2v) is 39.0. The van der Waals surface area contributed by atoms with Gasteiger partial charge in [0.15, 0.2) is 5.82 Å². The number of pyridine rings is 2. The van der Waals surface area contributed by atoms with Crippen molar-refractivity contribution in [1.82, 2.24) is 33.6 Å². The molecule has 0 aliphatic rings. The first-order valence-electron chi connectivity index (χ1n) is 49.4. The van der Waals surface area contributed by atoms with E-state index in [4.69, 9.17) is 19.4 Å². The van der Waals surface area contributed by atoms with E-state index in [1.54, 1.807) is 0 Å². The molecule has 0 fully saturated rings. The Balaban J connectivity index is 0.000000109. The van der Waals surface area contributed by atoms with Crippen molar-refractivity contribution in [3.8, 4) is 73.1 Å². The zero-order valence-electron chi connectivity index (χ0n) is 79.5. The molecule has 0 aliphatic heterocycles. The standard InChI is InChI=1S/C47H31N3S.C46H30N4O.C41H27N3S/c1-3-11-32(12-4-1)33-19-22-36(23-20-33)49(37-25-28-47-42(30-37)40-16-8-10-18-46(40)51-47)38-24-26-43(48-31-38)34-21-27-45-41(29-34)39-15-7-9-17-44(39)50(45)35-13-5-2-6-14-35;1-3-11-31(12-4-1)32-19-22-35(23-20-32)49(36-24-26-45-41(28-36)39-16-8-10-18-44(39)51-45)37-29-47-46(48-30-37)33-21-25-43-40(27-33)38-15-7-9-17-42(38)50(43)34-13-5-2-6-14-34;1-2-8-30(9-3-1)43(33-19-21-41-37(27-33)35-11-5-7-13-40(35)45-41)31-17-14-28(15-18-31)29-16-20-39-36(26-29)34-10-4-6-12-38(34)44(39)32-22-24-42-25-23-32/h1-31H;1-30H;1-27H. The Bertz CT molecular complexity index is 9570. The van der Waals surface area contributed by atoms with Crippen LogP contribution in [0.4, 0.5) is 51.2 Å². The molecule has 9 aromatic heterocycles. The van der Waals surface area contributed by atoms with Crippen molar-refractivity contribution < 1.29 is 4.42 Å². The van der Waals surface area contributed by atoms with Gasteiger partial charge in [0, 0.05) is 164 Å². The zero-order valence-corrected chi connectivity index (χ0v) is 81.1. The van der Waals surface area contributed by atoms with Crippen molar-refractivity contribution in [3.05, 3.63) is 534 Å². The smallest absolute Gasteiger partial charge is 0.159 e. The quantitative estimate of drug-likeness (QED) is 0.0891. The molecule has 0 radical (unpaired) electrons. The molecule has 692 valence electrons. The third-order valence-electron chi connectivity index (χ3n) is 28.2. The van der Waals surface area contributed by atoms with Gasteiger partial charge in [0.1, 0.15) is 11.2 Å². The fourth-order valence-electron chi connectivity index (χ4n) is 21.3. The average molecular weight is 1920 g/mol. The van der Waals surface area contributed by atoms with Gasteiger partial charge in [-0.05, 0) is 264 Å². The lowest BCUT2D eigenvalue weighted by molar-refractivity contribution is 0.669. The average Bonchev–Trinajstić information content (AvgIpc) is 1.60. The number of benzene rings is 20. The number of anilines is 9. The number of fused-ring (bicyclic) bond motifs is 18. The highest BCUT2D eigenvalue weighted by atomic mass is 32.1. The Hall–Kier alpha value is -19.2. The molecule has 0 unspecified atom stereocenters. The SMILES string of the molecule is c1ccc(-c2ccc(N(c3ccc(-c4ccc5c(c4)c4ccccc4n5-c4ccccc4)nc3)c3ccc4sc5ccccc5c4c3)cc2)cc1.c1ccc(-c2ccc(N(c3cnc(-c4ccc5c(c4)c4ccccc4n5-c4ccccc4)nc3)c3ccc4oc5ccccc5c4c3)cc2)cc1.c1ccc(N(c2ccc(-c3ccc4c(c3)c3ccccc3n4-c3ccncc3)cc2)c2ccc3sc4ccccc4c3c2)cc1. The summed E-state index contributed by atoms with van der Waals surface area (Å²) in [5.41, 5.74) is 31.8. The van der Waals surface area contributed by atoms with Gasteiger partial charge in [0.25, 0.3) is 0 Å². The van der Waals surface area contributed by atoms with Crippen LogP contribution in [-0.2, 0) is 0 Å². The van der Waals surface area contributed by atoms with E-state index < -0.39 is 0 Å². The van der Waals surface area contributed by atoms with E-state index in [1.165, 1.54) is 128 Å². The molecule has 29 aromatic rings. The molecule has 29 rings (SSSR count). The van der Waals surface area contributed by atoms with Gasteiger partial charge in [-0.15, -0.1) is 22.7 Å². The van der Waals surface area contributed by atoms with E-state index in [9.17, 15) is 0 Å². The van der Waals surface area contributed by atoms with Gasteiger partial charge in [-0.3, -0.25) is 9.97 Å². The molecule has 0 amide bonds. The minimum absolute atomic E-state index is 0.674. The molecule has 0 spiro atoms. The predicted octanol–water partition coefficient (Wildman–Crippen LogP) is 37.3. The third kappa shape index (κ3) is 16.1. The number of thiophene rings is 2. The van der Waals surface area contributed by atoms with Crippen LogP contribution in [0.1, 0.15) is 0 Å². The molecule has 0 bridgehead atoms. The molecule has 0 saturated heterocycles. The topological polar surface area (TPSA) is 89.2 Å². The van der Waals surface area contributed by atoms with E-state index in [0.29, 0.717) is 5.82 Å². The van der Waals surface area contributed by atoms with Crippen molar-refractivity contribution in [2.24, 2.45) is 0 Å². The van der Waals surface area contributed by atoms with Gasteiger partial charge in [-0.25, -0.2) is 9.97 Å². The van der Waals surface area contributed by atoms with Crippen LogP contribution in [0.5, 0.6) is 0 Å². The lowest BCUT2D eigenvalue weighted by atomic mass is 10.0. The first-order valence-corrected chi connectivity index (χ1v) is 51.0. The summed E-state index contributed by atoms with van der Waals surface area (Å²) in [5, 5.41) is 14.6.